The number of hydrogen-bond donors (Lipinski definition) is 3. The van der Waals surface area contributed by atoms with Crippen molar-refractivity contribution in [3.63, 3.8) is 0 Å². The van der Waals surface area contributed by atoms with Crippen molar-refractivity contribution in [3.05, 3.63) is 0 Å². The maximum Gasteiger partial charge on any atom is 0.334 e. The van der Waals surface area contributed by atoms with Crippen LogP contribution < -0.4 is 11.5 Å². The van der Waals surface area contributed by atoms with E-state index in [-0.39, 0.29) is 11.5 Å². The fourth-order valence-corrected chi connectivity index (χ4v) is 3.33. The third-order valence-corrected chi connectivity index (χ3v) is 4.61. The van der Waals surface area contributed by atoms with Crippen LogP contribution in [0.5, 0.6) is 0 Å². The Morgan fingerprint density at radius 1 is 1.39 bits per heavy atom. The Kier molecular flexibility index (Phi) is 7.29. The van der Waals surface area contributed by atoms with Crippen molar-refractivity contribution in [1.82, 2.24) is 0 Å². The lowest BCUT2D eigenvalue weighted by molar-refractivity contribution is -0.149. The van der Waals surface area contributed by atoms with Gasteiger partial charge < -0.3 is 21.3 Å². The minimum absolute atomic E-state index is 0.00792. The summed E-state index contributed by atoms with van der Waals surface area (Å²) in [4.78, 5) is 33.2. The van der Waals surface area contributed by atoms with Crippen LogP contribution in [0.4, 0.5) is 0 Å². The van der Waals surface area contributed by atoms with Crippen LogP contribution in [-0.4, -0.2) is 53.0 Å². The number of carbonyl (C=O) groups is 3. The van der Waals surface area contributed by atoms with Gasteiger partial charge in [0.2, 0.25) is 0 Å². The van der Waals surface area contributed by atoms with Crippen molar-refractivity contribution in [2.24, 2.45) is 11.5 Å². The molecule has 0 aliphatic heterocycles. The lowest BCUT2D eigenvalue weighted by Crippen LogP contribution is -2.56. The molecule has 0 amide bonds. The normalized spacial score (nSPS) is 15.6. The molecular formula is C9H16N2O5S2. The first-order valence-corrected chi connectivity index (χ1v) is 7.35. The molecule has 7 nitrogen and oxygen atoms in total. The standard InChI is InChI=1S/C9H16N2O5S2/c1-5(12)9(11,8(15)16-2)4-18-17-3-6(10)7(13)14/h6H,3-4,10-11H2,1-2H3,(H,13,14). The molecule has 0 fully saturated rings. The highest BCUT2D eigenvalue weighted by Gasteiger charge is 2.40. The van der Waals surface area contributed by atoms with Crippen molar-refractivity contribution < 1.29 is 24.2 Å². The number of Topliss-reactive ketones (excluding diaryl/α,β-unsaturated/α-hetero) is 1. The summed E-state index contributed by atoms with van der Waals surface area (Å²) in [6.07, 6.45) is 0. The van der Waals surface area contributed by atoms with Gasteiger partial charge in [0, 0.05) is 11.5 Å². The smallest absolute Gasteiger partial charge is 0.334 e. The fourth-order valence-electron chi connectivity index (χ4n) is 0.814. The number of ether oxygens (including phenoxy) is 1. The van der Waals surface area contributed by atoms with Gasteiger partial charge in [0.05, 0.1) is 7.11 Å². The van der Waals surface area contributed by atoms with E-state index in [0.29, 0.717) is 0 Å². The molecule has 2 atom stereocenters. The number of aliphatic carboxylic acids is 1. The van der Waals surface area contributed by atoms with Gasteiger partial charge in [-0.3, -0.25) is 9.59 Å². The Morgan fingerprint density at radius 2 is 1.94 bits per heavy atom. The highest BCUT2D eigenvalue weighted by molar-refractivity contribution is 8.76. The molecule has 0 aromatic heterocycles. The summed E-state index contributed by atoms with van der Waals surface area (Å²) >= 11 is 0. The van der Waals surface area contributed by atoms with Crippen molar-refractivity contribution >= 4 is 39.3 Å². The largest absolute Gasteiger partial charge is 0.480 e. The van der Waals surface area contributed by atoms with Crippen molar-refractivity contribution in [2.75, 3.05) is 18.6 Å². The molecule has 0 aliphatic carbocycles. The number of esters is 1. The average Bonchev–Trinajstić information content (AvgIpc) is 2.32. The summed E-state index contributed by atoms with van der Waals surface area (Å²) in [7, 11) is 3.38. The number of nitrogens with two attached hydrogens (primary N) is 2. The zero-order valence-electron chi connectivity index (χ0n) is 10.0. The molecule has 0 aromatic carbocycles. The van der Waals surface area contributed by atoms with Gasteiger partial charge >= 0.3 is 11.9 Å². The van der Waals surface area contributed by atoms with Gasteiger partial charge in [-0.05, 0) is 6.92 Å². The molecule has 0 spiro atoms. The lowest BCUT2D eigenvalue weighted by Gasteiger charge is -2.22. The first-order chi connectivity index (χ1) is 8.25. The Morgan fingerprint density at radius 3 is 2.33 bits per heavy atom. The van der Waals surface area contributed by atoms with E-state index >= 15 is 0 Å². The molecule has 0 saturated heterocycles. The second kappa shape index (κ2) is 7.62. The summed E-state index contributed by atoms with van der Waals surface area (Å²) < 4.78 is 4.47. The zero-order chi connectivity index (χ0) is 14.3. The van der Waals surface area contributed by atoms with Crippen LogP contribution in [0.15, 0.2) is 0 Å². The van der Waals surface area contributed by atoms with Crippen LogP contribution >= 0.6 is 21.6 Å². The Bertz CT molecular complexity index is 339. The lowest BCUT2D eigenvalue weighted by atomic mass is 9.99. The Hall–Kier alpha value is -0.770. The second-order valence-electron chi connectivity index (χ2n) is 3.51. The minimum atomic E-state index is -1.71. The van der Waals surface area contributed by atoms with Gasteiger partial charge in [-0.2, -0.15) is 0 Å². The van der Waals surface area contributed by atoms with Gasteiger partial charge in [-0.25, -0.2) is 4.79 Å². The maximum absolute atomic E-state index is 11.4. The molecule has 0 aliphatic rings. The fraction of sp³-hybridized carbons (Fsp3) is 0.667. The van der Waals surface area contributed by atoms with E-state index in [1.807, 2.05) is 0 Å². The molecule has 0 radical (unpaired) electrons. The molecular weight excluding hydrogens is 280 g/mol. The number of carbonyl (C=O) groups excluding carboxylic acids is 2. The maximum atomic E-state index is 11.4. The molecule has 0 bridgehead atoms. The van der Waals surface area contributed by atoms with Gasteiger partial charge in [-0.1, -0.05) is 21.6 Å². The van der Waals surface area contributed by atoms with Crippen LogP contribution in [-0.2, 0) is 19.1 Å². The average molecular weight is 296 g/mol. The van der Waals surface area contributed by atoms with Gasteiger partial charge in [0.1, 0.15) is 6.04 Å². The third kappa shape index (κ3) is 4.84. The highest BCUT2D eigenvalue weighted by atomic mass is 33.1. The van der Waals surface area contributed by atoms with Gasteiger partial charge in [0.15, 0.2) is 11.3 Å². The minimum Gasteiger partial charge on any atom is -0.480 e. The number of hydrogen-bond acceptors (Lipinski definition) is 8. The summed E-state index contributed by atoms with van der Waals surface area (Å²) in [6, 6.07) is -0.995. The molecule has 0 saturated carbocycles. The van der Waals surface area contributed by atoms with E-state index in [2.05, 4.69) is 4.74 Å². The molecule has 18 heavy (non-hydrogen) atoms. The molecule has 0 aromatic rings. The monoisotopic (exact) mass is 296 g/mol. The predicted molar refractivity (Wildman–Crippen MR) is 70.1 cm³/mol. The molecule has 9 heteroatoms. The zero-order valence-corrected chi connectivity index (χ0v) is 11.7. The number of ketones is 1. The molecule has 104 valence electrons. The summed E-state index contributed by atoms with van der Waals surface area (Å²) in [6.45, 7) is 1.20. The van der Waals surface area contributed by atoms with Crippen LogP contribution in [0.25, 0.3) is 0 Å². The van der Waals surface area contributed by atoms with E-state index in [1.165, 1.54) is 6.92 Å². The topological polar surface area (TPSA) is 133 Å². The van der Waals surface area contributed by atoms with Crippen LogP contribution in [0.2, 0.25) is 0 Å². The van der Waals surface area contributed by atoms with E-state index < -0.39 is 29.3 Å². The summed E-state index contributed by atoms with van der Waals surface area (Å²) in [5.74, 6) is -2.29. The number of rotatable bonds is 8. The van der Waals surface area contributed by atoms with Crippen LogP contribution in [0.1, 0.15) is 6.92 Å². The Balaban J connectivity index is 4.27. The quantitative estimate of drug-likeness (QED) is 0.229. The Labute approximate surface area is 112 Å². The van der Waals surface area contributed by atoms with Crippen molar-refractivity contribution in [1.29, 1.82) is 0 Å². The van der Waals surface area contributed by atoms with E-state index in [1.54, 1.807) is 0 Å². The van der Waals surface area contributed by atoms with Gasteiger partial charge in [0.25, 0.3) is 0 Å². The van der Waals surface area contributed by atoms with Crippen LogP contribution in [0, 0.1) is 0 Å². The molecule has 2 unspecified atom stereocenters. The highest BCUT2D eigenvalue weighted by Crippen LogP contribution is 2.26. The molecule has 0 rings (SSSR count). The van der Waals surface area contributed by atoms with Gasteiger partial charge in [-0.15, -0.1) is 0 Å². The van der Waals surface area contributed by atoms with Crippen molar-refractivity contribution in [3.8, 4) is 0 Å². The van der Waals surface area contributed by atoms with Crippen LogP contribution in [0.3, 0.4) is 0 Å². The second-order valence-corrected chi connectivity index (χ2v) is 6.02. The first-order valence-electron chi connectivity index (χ1n) is 4.86. The summed E-state index contributed by atoms with van der Waals surface area (Å²) in [5.41, 5.74) is 9.25. The number of carboxylic acids is 1. The van der Waals surface area contributed by atoms with E-state index in [0.717, 1.165) is 28.7 Å². The van der Waals surface area contributed by atoms with E-state index in [4.69, 9.17) is 16.6 Å². The van der Waals surface area contributed by atoms with Crippen molar-refractivity contribution in [2.45, 2.75) is 18.5 Å². The van der Waals surface area contributed by atoms with E-state index in [9.17, 15) is 14.4 Å². The molecule has 5 N–H and O–H groups in total. The SMILES string of the molecule is COC(=O)C(N)(CSSCC(N)C(=O)O)C(C)=O. The number of methoxy groups -OCH3 is 1. The molecule has 0 heterocycles. The number of carboxylic acid groups (broad SMARTS) is 1. The predicted octanol–water partition coefficient (Wildman–Crippen LogP) is -0.761. The third-order valence-electron chi connectivity index (χ3n) is 2.11. The first kappa shape index (κ1) is 17.2. The summed E-state index contributed by atoms with van der Waals surface area (Å²) in [5, 5.41) is 8.56.